The molecule has 1 saturated heterocycles. The molecule has 2 atom stereocenters. The third-order valence-electron chi connectivity index (χ3n) is 4.55. The van der Waals surface area contributed by atoms with E-state index in [1.54, 1.807) is 0 Å². The van der Waals surface area contributed by atoms with Gasteiger partial charge in [0, 0.05) is 12.6 Å². The minimum atomic E-state index is -1.31. The normalized spacial score (nSPS) is 22.6. The fourth-order valence-corrected chi connectivity index (χ4v) is 3.13. The first-order valence-corrected chi connectivity index (χ1v) is 8.07. The van der Waals surface area contributed by atoms with Crippen molar-refractivity contribution in [2.24, 2.45) is 5.73 Å². The first kappa shape index (κ1) is 17.8. The number of quaternary nitrogens is 1. The van der Waals surface area contributed by atoms with E-state index < -0.39 is 23.6 Å². The predicted molar refractivity (Wildman–Crippen MR) is 87.6 cm³/mol. The average Bonchev–Trinajstić information content (AvgIpc) is 3.04. The fraction of sp³-hybridized carbons (Fsp3) is 0.375. The number of halogens is 2. The van der Waals surface area contributed by atoms with Crippen LogP contribution in [0.25, 0.3) is 0 Å². The molecule has 2 aromatic rings. The summed E-state index contributed by atoms with van der Waals surface area (Å²) in [6.45, 7) is 0.844. The van der Waals surface area contributed by atoms with Crippen molar-refractivity contribution in [1.29, 1.82) is 5.26 Å². The number of nitrogens with two attached hydrogens (primary N) is 2. The van der Waals surface area contributed by atoms with E-state index in [4.69, 9.17) is 5.73 Å². The lowest BCUT2D eigenvalue weighted by atomic mass is 9.84. The van der Waals surface area contributed by atoms with Gasteiger partial charge < -0.3 is 16.4 Å². The van der Waals surface area contributed by atoms with Crippen molar-refractivity contribution in [3.63, 3.8) is 0 Å². The number of hydrogen-bond acceptors (Lipinski definition) is 5. The molecule has 0 aromatic carbocycles. The van der Waals surface area contributed by atoms with Gasteiger partial charge in [0.15, 0.2) is 12.0 Å². The van der Waals surface area contributed by atoms with E-state index in [1.165, 1.54) is 23.1 Å². The molecule has 1 fully saturated rings. The Kier molecular flexibility index (Phi) is 4.81. The van der Waals surface area contributed by atoms with Crippen LogP contribution in [0.3, 0.4) is 0 Å². The van der Waals surface area contributed by atoms with Gasteiger partial charge in [-0.15, -0.1) is 0 Å². The molecule has 0 spiro atoms. The molecule has 1 amide bonds. The summed E-state index contributed by atoms with van der Waals surface area (Å²) in [5.41, 5.74) is 4.70. The molecule has 1 aliphatic heterocycles. The highest BCUT2D eigenvalue weighted by Gasteiger charge is 2.46. The summed E-state index contributed by atoms with van der Waals surface area (Å²) in [6.07, 6.45) is 1.59. The molecule has 0 saturated carbocycles. The molecule has 26 heavy (non-hydrogen) atoms. The zero-order valence-electron chi connectivity index (χ0n) is 13.8. The van der Waals surface area contributed by atoms with Crippen LogP contribution in [0.1, 0.15) is 23.2 Å². The van der Waals surface area contributed by atoms with Crippen LogP contribution in [-0.2, 0) is 5.54 Å². The number of nitriles is 1. The molecule has 0 aliphatic carbocycles. The second-order valence-corrected chi connectivity index (χ2v) is 6.16. The SMILES string of the molecule is N#CC[C@]1(n2cc(C(N)=O)c(Nc3ccc(F)nc3)n2)CC[NH2+]C[C@@H]1F. The highest BCUT2D eigenvalue weighted by Crippen LogP contribution is 2.33. The lowest BCUT2D eigenvalue weighted by Crippen LogP contribution is -2.90. The number of hydrogen-bond donors (Lipinski definition) is 3. The molecule has 0 unspecified atom stereocenters. The second-order valence-electron chi connectivity index (χ2n) is 6.16. The van der Waals surface area contributed by atoms with Gasteiger partial charge >= 0.3 is 0 Å². The number of aromatic nitrogens is 3. The number of piperidine rings is 1. The Hall–Kier alpha value is -3.06. The summed E-state index contributed by atoms with van der Waals surface area (Å²) in [5.74, 6) is -1.30. The number of alkyl halides is 1. The Morgan fingerprint density at radius 1 is 1.58 bits per heavy atom. The Morgan fingerprint density at radius 3 is 3.00 bits per heavy atom. The largest absolute Gasteiger partial charge is 0.365 e. The number of amides is 1. The molecule has 0 radical (unpaired) electrons. The van der Waals surface area contributed by atoms with Crippen molar-refractivity contribution in [3.05, 3.63) is 36.0 Å². The molecular formula is C16H18F2N7O+. The van der Waals surface area contributed by atoms with Crippen LogP contribution in [0.5, 0.6) is 0 Å². The van der Waals surface area contributed by atoms with E-state index in [0.29, 0.717) is 18.7 Å². The number of carbonyl (C=O) groups excluding carboxylic acids is 1. The standard InChI is InChI=1S/C16H17F2N7O/c17-12-8-21-6-4-16(12,3-5-19)25-9-11(14(20)26)15(24-25)23-10-1-2-13(18)22-7-10/h1-2,7,9,12,21H,3-4,6,8H2,(H2,20,26)(H,23,24)/p+1/t12-,16-/m0/s1. The second kappa shape index (κ2) is 7.05. The Labute approximate surface area is 148 Å². The maximum Gasteiger partial charge on any atom is 0.254 e. The average molecular weight is 362 g/mol. The fourth-order valence-electron chi connectivity index (χ4n) is 3.13. The maximum atomic E-state index is 14.8. The number of pyridine rings is 1. The van der Waals surface area contributed by atoms with E-state index in [0.717, 1.165) is 6.07 Å². The molecule has 136 valence electrons. The van der Waals surface area contributed by atoms with Gasteiger partial charge in [-0.05, 0) is 12.1 Å². The topological polar surface area (TPSA) is 126 Å². The predicted octanol–water partition coefficient (Wildman–Crippen LogP) is 0.174. The summed E-state index contributed by atoms with van der Waals surface area (Å²) >= 11 is 0. The molecule has 8 nitrogen and oxygen atoms in total. The van der Waals surface area contributed by atoms with Crippen molar-refractivity contribution in [2.45, 2.75) is 24.6 Å². The lowest BCUT2D eigenvalue weighted by molar-refractivity contribution is -0.673. The third kappa shape index (κ3) is 3.21. The van der Waals surface area contributed by atoms with E-state index in [2.05, 4.69) is 15.4 Å². The molecule has 3 rings (SSSR count). The number of primary amides is 1. The molecule has 0 bridgehead atoms. The number of nitrogens with zero attached hydrogens (tertiary/aromatic N) is 4. The molecular weight excluding hydrogens is 344 g/mol. The zero-order chi connectivity index (χ0) is 18.7. The van der Waals surface area contributed by atoms with Crippen LogP contribution >= 0.6 is 0 Å². The van der Waals surface area contributed by atoms with Crippen LogP contribution in [0.2, 0.25) is 0 Å². The summed E-state index contributed by atoms with van der Waals surface area (Å²) in [6, 6.07) is 4.59. The lowest BCUT2D eigenvalue weighted by Gasteiger charge is -2.37. The van der Waals surface area contributed by atoms with Crippen molar-refractivity contribution in [2.75, 3.05) is 18.4 Å². The van der Waals surface area contributed by atoms with Gasteiger partial charge in [0.1, 0.15) is 17.6 Å². The highest BCUT2D eigenvalue weighted by atomic mass is 19.1. The van der Waals surface area contributed by atoms with Crippen LogP contribution in [-0.4, -0.2) is 39.9 Å². The van der Waals surface area contributed by atoms with E-state index in [-0.39, 0.29) is 24.3 Å². The Morgan fingerprint density at radius 2 is 2.38 bits per heavy atom. The Bertz CT molecular complexity index is 845. The van der Waals surface area contributed by atoms with Crippen molar-refractivity contribution >= 4 is 17.4 Å². The zero-order valence-corrected chi connectivity index (χ0v) is 13.8. The molecule has 1 aliphatic rings. The molecule has 5 N–H and O–H groups in total. The smallest absolute Gasteiger partial charge is 0.254 e. The van der Waals surface area contributed by atoms with E-state index in [1.807, 2.05) is 11.4 Å². The number of carbonyl (C=O) groups is 1. The monoisotopic (exact) mass is 362 g/mol. The van der Waals surface area contributed by atoms with Crippen molar-refractivity contribution in [1.82, 2.24) is 14.8 Å². The summed E-state index contributed by atoms with van der Waals surface area (Å²) < 4.78 is 29.0. The van der Waals surface area contributed by atoms with Gasteiger partial charge in [-0.25, -0.2) is 9.37 Å². The quantitative estimate of drug-likeness (QED) is 0.654. The van der Waals surface area contributed by atoms with Gasteiger partial charge in [0.2, 0.25) is 5.95 Å². The maximum absolute atomic E-state index is 14.8. The number of rotatable bonds is 5. The van der Waals surface area contributed by atoms with Crippen LogP contribution < -0.4 is 16.4 Å². The molecule has 2 aromatic heterocycles. The minimum Gasteiger partial charge on any atom is -0.365 e. The third-order valence-corrected chi connectivity index (χ3v) is 4.55. The van der Waals surface area contributed by atoms with Crippen LogP contribution in [0, 0.1) is 17.3 Å². The highest BCUT2D eigenvalue weighted by molar-refractivity contribution is 5.98. The number of nitrogens with one attached hydrogen (secondary N) is 1. The van der Waals surface area contributed by atoms with Gasteiger partial charge in [-0.2, -0.15) is 14.8 Å². The Balaban J connectivity index is 2.01. The van der Waals surface area contributed by atoms with E-state index in [9.17, 15) is 18.8 Å². The summed E-state index contributed by atoms with van der Waals surface area (Å²) in [7, 11) is 0. The van der Waals surface area contributed by atoms with Gasteiger partial charge in [-0.1, -0.05) is 0 Å². The molecule has 3 heterocycles. The number of anilines is 2. The minimum absolute atomic E-state index is 0.0494. The van der Waals surface area contributed by atoms with Crippen LogP contribution in [0.15, 0.2) is 24.5 Å². The molecule has 10 heteroatoms. The first-order chi connectivity index (χ1) is 12.5. The van der Waals surface area contributed by atoms with Gasteiger partial charge in [-0.3, -0.25) is 9.48 Å². The van der Waals surface area contributed by atoms with E-state index >= 15 is 0 Å². The summed E-state index contributed by atoms with van der Waals surface area (Å²) in [4.78, 5) is 15.3. The summed E-state index contributed by atoms with van der Waals surface area (Å²) in [5, 5.41) is 18.2. The van der Waals surface area contributed by atoms with Gasteiger partial charge in [0.25, 0.3) is 5.91 Å². The first-order valence-electron chi connectivity index (χ1n) is 8.07. The van der Waals surface area contributed by atoms with Crippen LogP contribution in [0.4, 0.5) is 20.3 Å². The van der Waals surface area contributed by atoms with Crippen molar-refractivity contribution < 1.29 is 18.9 Å². The van der Waals surface area contributed by atoms with Gasteiger partial charge in [0.05, 0.1) is 30.9 Å². The van der Waals surface area contributed by atoms with Crippen molar-refractivity contribution in [3.8, 4) is 6.07 Å².